The van der Waals surface area contributed by atoms with Crippen molar-refractivity contribution in [2.24, 2.45) is 0 Å². The summed E-state index contributed by atoms with van der Waals surface area (Å²) < 4.78 is 5.33. The van der Waals surface area contributed by atoms with Crippen LogP contribution in [0.5, 0.6) is 5.75 Å². The fourth-order valence-electron chi connectivity index (χ4n) is 1.07. The van der Waals surface area contributed by atoms with Gasteiger partial charge in [0.25, 0.3) is 5.91 Å². The normalized spacial score (nSPS) is 11.5. The van der Waals surface area contributed by atoms with Crippen LogP contribution in [0.3, 0.4) is 0 Å². The zero-order valence-corrected chi connectivity index (χ0v) is 10.2. The number of nitrogens with one attached hydrogen (secondary N) is 2. The third kappa shape index (κ3) is 4.32. The van der Waals surface area contributed by atoms with E-state index in [2.05, 4.69) is 10.6 Å². The Labute approximate surface area is 104 Å². The zero-order valence-electron chi connectivity index (χ0n) is 9.49. The molecular weight excluding hydrogens is 244 g/mol. The molecule has 3 amide bonds. The zero-order chi connectivity index (χ0) is 12.8. The van der Waals surface area contributed by atoms with Gasteiger partial charge in [-0.05, 0) is 25.1 Å². The molecule has 2 N–H and O–H groups in total. The van der Waals surface area contributed by atoms with Crippen LogP contribution in [-0.2, 0) is 4.79 Å². The van der Waals surface area contributed by atoms with Gasteiger partial charge in [-0.1, -0.05) is 17.7 Å². The van der Waals surface area contributed by atoms with Gasteiger partial charge in [0.15, 0.2) is 6.10 Å². The first-order valence-corrected chi connectivity index (χ1v) is 5.35. The monoisotopic (exact) mass is 256 g/mol. The van der Waals surface area contributed by atoms with Crippen LogP contribution in [-0.4, -0.2) is 25.1 Å². The SMILES string of the molecule is CNC(=O)NC(=O)[C@@H](C)Oc1cccc(Cl)c1. The number of hydrogen-bond donors (Lipinski definition) is 2. The van der Waals surface area contributed by atoms with E-state index in [1.54, 1.807) is 31.2 Å². The lowest BCUT2D eigenvalue weighted by molar-refractivity contribution is -0.126. The highest BCUT2D eigenvalue weighted by Crippen LogP contribution is 2.18. The van der Waals surface area contributed by atoms with Gasteiger partial charge in [-0.25, -0.2) is 4.79 Å². The van der Waals surface area contributed by atoms with Gasteiger partial charge in [0.2, 0.25) is 0 Å². The molecule has 17 heavy (non-hydrogen) atoms. The quantitative estimate of drug-likeness (QED) is 0.863. The van der Waals surface area contributed by atoms with Gasteiger partial charge in [0.1, 0.15) is 5.75 Å². The standard InChI is InChI=1S/C11H13ClN2O3/c1-7(10(15)14-11(16)13-2)17-9-5-3-4-8(12)6-9/h3-7H,1-2H3,(H2,13,14,15,16)/t7-/m1/s1. The van der Waals surface area contributed by atoms with E-state index in [1.807, 2.05) is 0 Å². The summed E-state index contributed by atoms with van der Waals surface area (Å²) in [7, 11) is 1.42. The first-order valence-electron chi connectivity index (χ1n) is 4.97. The molecule has 0 saturated carbocycles. The molecule has 0 bridgehead atoms. The van der Waals surface area contributed by atoms with Gasteiger partial charge in [0, 0.05) is 12.1 Å². The number of ether oxygens (including phenoxy) is 1. The van der Waals surface area contributed by atoms with E-state index in [4.69, 9.17) is 16.3 Å². The van der Waals surface area contributed by atoms with Crippen molar-refractivity contribution in [3.05, 3.63) is 29.3 Å². The number of rotatable bonds is 3. The van der Waals surface area contributed by atoms with Crippen molar-refractivity contribution in [1.82, 2.24) is 10.6 Å². The molecule has 0 heterocycles. The Hall–Kier alpha value is -1.75. The number of hydrogen-bond acceptors (Lipinski definition) is 3. The van der Waals surface area contributed by atoms with Crippen molar-refractivity contribution < 1.29 is 14.3 Å². The topological polar surface area (TPSA) is 67.4 Å². The molecule has 6 heteroatoms. The van der Waals surface area contributed by atoms with Crippen molar-refractivity contribution in [2.45, 2.75) is 13.0 Å². The van der Waals surface area contributed by atoms with Gasteiger partial charge in [-0.3, -0.25) is 10.1 Å². The average Bonchev–Trinajstić information content (AvgIpc) is 2.28. The van der Waals surface area contributed by atoms with Gasteiger partial charge < -0.3 is 10.1 Å². The van der Waals surface area contributed by atoms with Gasteiger partial charge >= 0.3 is 6.03 Å². The molecule has 1 aromatic carbocycles. The Kier molecular flexibility index (Phi) is 4.78. The van der Waals surface area contributed by atoms with E-state index in [0.717, 1.165) is 0 Å². The number of carbonyl (C=O) groups excluding carboxylic acids is 2. The predicted molar refractivity (Wildman–Crippen MR) is 64.1 cm³/mol. The summed E-state index contributed by atoms with van der Waals surface area (Å²) in [4.78, 5) is 22.4. The summed E-state index contributed by atoms with van der Waals surface area (Å²) in [5.74, 6) is -0.0543. The highest BCUT2D eigenvalue weighted by Gasteiger charge is 2.16. The second kappa shape index (κ2) is 6.10. The van der Waals surface area contributed by atoms with Gasteiger partial charge in [-0.15, -0.1) is 0 Å². The molecule has 92 valence electrons. The molecule has 1 atom stereocenters. The van der Waals surface area contributed by atoms with E-state index in [9.17, 15) is 9.59 Å². The summed E-state index contributed by atoms with van der Waals surface area (Å²) in [6.07, 6.45) is -0.786. The van der Waals surface area contributed by atoms with Crippen molar-refractivity contribution in [3.63, 3.8) is 0 Å². The van der Waals surface area contributed by atoms with Crippen LogP contribution >= 0.6 is 11.6 Å². The molecule has 0 unspecified atom stereocenters. The molecular formula is C11H13ClN2O3. The largest absolute Gasteiger partial charge is 0.481 e. The van der Waals surface area contributed by atoms with Crippen LogP contribution in [0.15, 0.2) is 24.3 Å². The molecule has 0 saturated heterocycles. The lowest BCUT2D eigenvalue weighted by Gasteiger charge is -2.13. The summed E-state index contributed by atoms with van der Waals surface area (Å²) >= 11 is 5.77. The number of carbonyl (C=O) groups is 2. The molecule has 1 rings (SSSR count). The first-order chi connectivity index (χ1) is 8.02. The number of amides is 3. The molecule has 0 aliphatic carbocycles. The number of imide groups is 1. The lowest BCUT2D eigenvalue weighted by atomic mass is 10.3. The van der Waals surface area contributed by atoms with Crippen molar-refractivity contribution in [3.8, 4) is 5.75 Å². The Morgan fingerprint density at radius 3 is 2.71 bits per heavy atom. The summed E-state index contributed by atoms with van der Waals surface area (Å²) in [5.41, 5.74) is 0. The number of halogens is 1. The highest BCUT2D eigenvalue weighted by molar-refractivity contribution is 6.30. The van der Waals surface area contributed by atoms with E-state index in [0.29, 0.717) is 10.8 Å². The van der Waals surface area contributed by atoms with Crippen molar-refractivity contribution >= 4 is 23.5 Å². The van der Waals surface area contributed by atoms with Crippen molar-refractivity contribution in [1.29, 1.82) is 0 Å². The minimum Gasteiger partial charge on any atom is -0.481 e. The Morgan fingerprint density at radius 1 is 1.41 bits per heavy atom. The number of benzene rings is 1. The third-order valence-electron chi connectivity index (χ3n) is 1.94. The summed E-state index contributed by atoms with van der Waals surface area (Å²) in [6, 6.07) is 6.10. The summed E-state index contributed by atoms with van der Waals surface area (Å²) in [6.45, 7) is 1.54. The maximum atomic E-state index is 11.5. The molecule has 0 aromatic heterocycles. The smallest absolute Gasteiger partial charge is 0.321 e. The number of urea groups is 1. The molecule has 5 nitrogen and oxygen atoms in total. The van der Waals surface area contributed by atoms with Crippen LogP contribution in [0, 0.1) is 0 Å². The van der Waals surface area contributed by atoms with Crippen molar-refractivity contribution in [2.75, 3.05) is 7.05 Å². The molecule has 0 spiro atoms. The fraction of sp³-hybridized carbons (Fsp3) is 0.273. The first kappa shape index (κ1) is 13.3. The Morgan fingerprint density at radius 2 is 2.12 bits per heavy atom. The Balaban J connectivity index is 2.57. The third-order valence-corrected chi connectivity index (χ3v) is 2.18. The predicted octanol–water partition coefficient (Wildman–Crippen LogP) is 1.56. The van der Waals surface area contributed by atoms with Gasteiger partial charge in [-0.2, -0.15) is 0 Å². The Bertz CT molecular complexity index is 423. The molecule has 0 aliphatic rings. The maximum Gasteiger partial charge on any atom is 0.321 e. The van der Waals surface area contributed by atoms with Crippen LogP contribution in [0.4, 0.5) is 4.79 Å². The minimum atomic E-state index is -0.786. The average molecular weight is 257 g/mol. The second-order valence-electron chi connectivity index (χ2n) is 3.29. The van der Waals surface area contributed by atoms with Crippen LogP contribution in [0.2, 0.25) is 5.02 Å². The summed E-state index contributed by atoms with van der Waals surface area (Å²) in [5, 5.41) is 4.91. The minimum absolute atomic E-state index is 0.469. The van der Waals surface area contributed by atoms with Crippen LogP contribution < -0.4 is 15.4 Å². The van der Waals surface area contributed by atoms with Crippen LogP contribution in [0.1, 0.15) is 6.92 Å². The molecule has 1 aromatic rings. The van der Waals surface area contributed by atoms with E-state index in [1.165, 1.54) is 7.05 Å². The maximum absolute atomic E-state index is 11.5. The second-order valence-corrected chi connectivity index (χ2v) is 3.72. The lowest BCUT2D eigenvalue weighted by Crippen LogP contribution is -2.43. The van der Waals surface area contributed by atoms with Crippen LogP contribution in [0.25, 0.3) is 0 Å². The molecule has 0 aliphatic heterocycles. The van der Waals surface area contributed by atoms with E-state index in [-0.39, 0.29) is 0 Å². The van der Waals surface area contributed by atoms with E-state index >= 15 is 0 Å². The van der Waals surface area contributed by atoms with E-state index < -0.39 is 18.0 Å². The molecule has 0 radical (unpaired) electrons. The van der Waals surface area contributed by atoms with Gasteiger partial charge in [0.05, 0.1) is 0 Å². The highest BCUT2D eigenvalue weighted by atomic mass is 35.5. The fourth-order valence-corrected chi connectivity index (χ4v) is 1.25. The molecule has 0 fully saturated rings.